The van der Waals surface area contributed by atoms with Gasteiger partial charge in [-0.05, 0) is 42.3 Å². The second-order valence-electron chi connectivity index (χ2n) is 8.41. The highest BCUT2D eigenvalue weighted by atomic mass is 32.2. The maximum absolute atomic E-state index is 13.2. The number of aryl methyl sites for hydroxylation is 1. The van der Waals surface area contributed by atoms with Crippen molar-refractivity contribution < 1.29 is 13.2 Å². The van der Waals surface area contributed by atoms with Crippen LogP contribution in [-0.2, 0) is 23.3 Å². The number of ether oxygens (including phenoxy) is 1. The Morgan fingerprint density at radius 3 is 2.40 bits per heavy atom. The molecule has 7 nitrogen and oxygen atoms in total. The number of methoxy groups -OCH3 is 1. The Bertz CT molecular complexity index is 1520. The van der Waals surface area contributed by atoms with Crippen LogP contribution in [0.25, 0.3) is 22.2 Å². The Hall–Kier alpha value is -3.80. The quantitative estimate of drug-likeness (QED) is 0.393. The SMILES string of the molecule is CCn1c(-c2ccc(N3CCN(Cc4ccccc4)S3(=O)=O)cc2)c(C#N)c2ccc(OC)cc21. The number of nitriles is 1. The van der Waals surface area contributed by atoms with Gasteiger partial charge in [-0.1, -0.05) is 42.5 Å². The van der Waals surface area contributed by atoms with E-state index in [1.165, 1.54) is 8.61 Å². The first-order valence-electron chi connectivity index (χ1n) is 11.5. The van der Waals surface area contributed by atoms with Crippen LogP contribution in [0.3, 0.4) is 0 Å². The summed E-state index contributed by atoms with van der Waals surface area (Å²) >= 11 is 0. The van der Waals surface area contributed by atoms with Gasteiger partial charge >= 0.3 is 10.2 Å². The van der Waals surface area contributed by atoms with E-state index < -0.39 is 10.2 Å². The Balaban J connectivity index is 1.48. The average molecular weight is 487 g/mol. The summed E-state index contributed by atoms with van der Waals surface area (Å²) < 4.78 is 36.9. The summed E-state index contributed by atoms with van der Waals surface area (Å²) in [6.07, 6.45) is 0. The zero-order valence-electron chi connectivity index (χ0n) is 19.7. The highest BCUT2D eigenvalue weighted by molar-refractivity contribution is 7.90. The number of benzene rings is 3. The molecule has 0 aliphatic carbocycles. The summed E-state index contributed by atoms with van der Waals surface area (Å²) in [7, 11) is -1.99. The molecule has 0 radical (unpaired) electrons. The van der Waals surface area contributed by atoms with Gasteiger partial charge < -0.3 is 9.30 Å². The van der Waals surface area contributed by atoms with Crippen LogP contribution in [0.2, 0.25) is 0 Å². The van der Waals surface area contributed by atoms with Crippen molar-refractivity contribution in [1.29, 1.82) is 5.26 Å². The lowest BCUT2D eigenvalue weighted by molar-refractivity contribution is 0.415. The molecule has 0 unspecified atom stereocenters. The van der Waals surface area contributed by atoms with Gasteiger partial charge in [-0.25, -0.2) is 0 Å². The molecule has 2 heterocycles. The highest BCUT2D eigenvalue weighted by Crippen LogP contribution is 2.36. The first-order valence-corrected chi connectivity index (χ1v) is 12.9. The minimum absolute atomic E-state index is 0.351. The third kappa shape index (κ3) is 3.93. The molecule has 8 heteroatoms. The van der Waals surface area contributed by atoms with Crippen molar-refractivity contribution >= 4 is 26.8 Å². The molecule has 3 aromatic carbocycles. The van der Waals surface area contributed by atoms with Crippen LogP contribution in [0.1, 0.15) is 18.1 Å². The summed E-state index contributed by atoms with van der Waals surface area (Å²) in [5.74, 6) is 0.732. The summed E-state index contributed by atoms with van der Waals surface area (Å²) in [5.41, 5.74) is 4.78. The van der Waals surface area contributed by atoms with E-state index in [2.05, 4.69) is 10.6 Å². The predicted octanol–water partition coefficient (Wildman–Crippen LogP) is 4.78. The molecule has 1 aliphatic rings. The molecule has 178 valence electrons. The molecule has 0 saturated carbocycles. The average Bonchev–Trinajstić information content (AvgIpc) is 3.36. The Kier molecular flexibility index (Phi) is 5.97. The van der Waals surface area contributed by atoms with Crippen molar-refractivity contribution in [3.8, 4) is 23.1 Å². The summed E-state index contributed by atoms with van der Waals surface area (Å²) in [4.78, 5) is 0. The maximum Gasteiger partial charge on any atom is 0.304 e. The van der Waals surface area contributed by atoms with E-state index in [4.69, 9.17) is 4.74 Å². The van der Waals surface area contributed by atoms with Gasteiger partial charge in [0.1, 0.15) is 11.8 Å². The summed E-state index contributed by atoms with van der Waals surface area (Å²) in [5, 5.41) is 10.8. The molecule has 4 aromatic rings. The van der Waals surface area contributed by atoms with Gasteiger partial charge in [-0.2, -0.15) is 18.0 Å². The van der Waals surface area contributed by atoms with Crippen LogP contribution >= 0.6 is 0 Å². The topological polar surface area (TPSA) is 78.6 Å². The van der Waals surface area contributed by atoms with E-state index in [1.54, 1.807) is 7.11 Å². The molecule has 0 atom stereocenters. The molecular formula is C27H26N4O3S. The van der Waals surface area contributed by atoms with Crippen molar-refractivity contribution in [2.45, 2.75) is 20.0 Å². The van der Waals surface area contributed by atoms with Crippen molar-refractivity contribution in [3.05, 3.63) is 83.9 Å². The first-order chi connectivity index (χ1) is 17.0. The van der Waals surface area contributed by atoms with Crippen LogP contribution in [0.4, 0.5) is 5.69 Å². The zero-order chi connectivity index (χ0) is 24.6. The lowest BCUT2D eigenvalue weighted by Crippen LogP contribution is -2.32. The fraction of sp³-hybridized carbons (Fsp3) is 0.222. The number of hydrogen-bond donors (Lipinski definition) is 0. The van der Waals surface area contributed by atoms with Gasteiger partial charge in [0.05, 0.1) is 29.6 Å². The summed E-state index contributed by atoms with van der Waals surface area (Å²) in [6.45, 7) is 3.90. The highest BCUT2D eigenvalue weighted by Gasteiger charge is 2.36. The third-order valence-electron chi connectivity index (χ3n) is 6.49. The third-order valence-corrected chi connectivity index (χ3v) is 8.40. The lowest BCUT2D eigenvalue weighted by atomic mass is 10.1. The van der Waals surface area contributed by atoms with Crippen LogP contribution in [0.5, 0.6) is 5.75 Å². The molecule has 1 saturated heterocycles. The lowest BCUT2D eigenvalue weighted by Gasteiger charge is -2.20. The number of anilines is 1. The largest absolute Gasteiger partial charge is 0.497 e. The molecule has 0 N–H and O–H groups in total. The Morgan fingerprint density at radius 1 is 1.00 bits per heavy atom. The second kappa shape index (κ2) is 9.10. The monoisotopic (exact) mass is 486 g/mol. The normalized spacial score (nSPS) is 15.4. The van der Waals surface area contributed by atoms with E-state index in [9.17, 15) is 13.7 Å². The minimum atomic E-state index is -3.62. The zero-order valence-corrected chi connectivity index (χ0v) is 20.5. The molecule has 0 bridgehead atoms. The van der Waals surface area contributed by atoms with Gasteiger partial charge in [-0.3, -0.25) is 4.31 Å². The Morgan fingerprint density at radius 2 is 1.74 bits per heavy atom. The second-order valence-corrected chi connectivity index (χ2v) is 10.3. The van der Waals surface area contributed by atoms with Crippen LogP contribution in [-0.4, -0.2) is 37.5 Å². The minimum Gasteiger partial charge on any atom is -0.497 e. The Labute approximate surface area is 205 Å². The predicted molar refractivity (Wildman–Crippen MR) is 137 cm³/mol. The fourth-order valence-corrected chi connectivity index (χ4v) is 6.37. The van der Waals surface area contributed by atoms with Gasteiger partial charge in [0, 0.05) is 37.6 Å². The number of aromatic nitrogens is 1. The van der Waals surface area contributed by atoms with E-state index in [0.717, 1.165) is 33.5 Å². The van der Waals surface area contributed by atoms with E-state index in [-0.39, 0.29) is 0 Å². The van der Waals surface area contributed by atoms with E-state index in [0.29, 0.717) is 37.4 Å². The van der Waals surface area contributed by atoms with Crippen molar-refractivity contribution in [2.24, 2.45) is 0 Å². The molecule has 5 rings (SSSR count). The molecule has 35 heavy (non-hydrogen) atoms. The van der Waals surface area contributed by atoms with Crippen molar-refractivity contribution in [1.82, 2.24) is 8.87 Å². The molecule has 1 aliphatic heterocycles. The molecule has 1 fully saturated rings. The van der Waals surface area contributed by atoms with E-state index >= 15 is 0 Å². The fourth-order valence-electron chi connectivity index (χ4n) is 4.77. The molecule has 0 spiro atoms. The molecule has 1 aromatic heterocycles. The maximum atomic E-state index is 13.2. The van der Waals surface area contributed by atoms with Gasteiger partial charge in [-0.15, -0.1) is 0 Å². The summed E-state index contributed by atoms with van der Waals surface area (Å²) in [6, 6.07) is 25.1. The van der Waals surface area contributed by atoms with E-state index in [1.807, 2.05) is 79.7 Å². The number of fused-ring (bicyclic) bond motifs is 1. The van der Waals surface area contributed by atoms with Crippen LogP contribution < -0.4 is 9.04 Å². The number of hydrogen-bond acceptors (Lipinski definition) is 4. The van der Waals surface area contributed by atoms with Gasteiger partial charge in [0.15, 0.2) is 0 Å². The smallest absolute Gasteiger partial charge is 0.304 e. The number of rotatable bonds is 6. The first kappa shape index (κ1) is 23.0. The van der Waals surface area contributed by atoms with Crippen molar-refractivity contribution in [3.63, 3.8) is 0 Å². The molecule has 0 amide bonds. The standard InChI is InChI=1S/C27H26N4O3S/c1-3-30-26-17-23(34-2)13-14-24(26)25(18-28)27(30)21-9-11-22(12-10-21)31-16-15-29(35(31,32)33)19-20-7-5-4-6-8-20/h4-14,17H,3,15-16,19H2,1-2H3. The van der Waals surface area contributed by atoms with Crippen LogP contribution in [0.15, 0.2) is 72.8 Å². The number of nitrogens with zero attached hydrogens (tertiary/aromatic N) is 4. The van der Waals surface area contributed by atoms with Crippen molar-refractivity contribution in [2.75, 3.05) is 24.5 Å². The van der Waals surface area contributed by atoms with Crippen LogP contribution in [0, 0.1) is 11.3 Å². The van der Waals surface area contributed by atoms with Gasteiger partial charge in [0.2, 0.25) is 0 Å². The molecular weight excluding hydrogens is 460 g/mol. The van der Waals surface area contributed by atoms with Gasteiger partial charge in [0.25, 0.3) is 0 Å².